The standard InChI is InChI=1S/C26H32N2O4/c1-2-31-24-10-4-3-9-23(24)26(30)28-17-7-8-20(18-28)19-32-22-13-11-21(12-14-22)25(29)27-15-5-6-16-27/h3-4,9-14,20H,2,5-8,15-19H2,1H3/t20-/m0/s1. The minimum Gasteiger partial charge on any atom is -0.493 e. The van der Waals surface area contributed by atoms with Gasteiger partial charge in [0.15, 0.2) is 0 Å². The zero-order valence-electron chi connectivity index (χ0n) is 18.8. The number of carbonyl (C=O) groups is 2. The molecule has 4 rings (SSSR count). The van der Waals surface area contributed by atoms with Gasteiger partial charge in [-0.25, -0.2) is 0 Å². The molecule has 2 aliphatic heterocycles. The van der Waals surface area contributed by atoms with Crippen molar-refractivity contribution in [2.75, 3.05) is 39.4 Å². The van der Waals surface area contributed by atoms with Gasteiger partial charge in [-0.05, 0) is 69.0 Å². The van der Waals surface area contributed by atoms with Crippen molar-refractivity contribution in [1.82, 2.24) is 9.80 Å². The van der Waals surface area contributed by atoms with E-state index in [2.05, 4.69) is 0 Å². The van der Waals surface area contributed by atoms with Crippen LogP contribution in [0.25, 0.3) is 0 Å². The predicted octanol–water partition coefficient (Wildman–Crippen LogP) is 4.25. The molecule has 0 radical (unpaired) electrons. The normalized spacial score (nSPS) is 18.5. The van der Waals surface area contributed by atoms with Crippen LogP contribution in [0.3, 0.4) is 0 Å². The van der Waals surface area contributed by atoms with Crippen molar-refractivity contribution in [3.05, 3.63) is 59.7 Å². The summed E-state index contributed by atoms with van der Waals surface area (Å²) in [4.78, 5) is 29.4. The molecule has 0 aliphatic carbocycles. The largest absolute Gasteiger partial charge is 0.493 e. The second-order valence-electron chi connectivity index (χ2n) is 8.52. The minimum atomic E-state index is 0.0172. The fourth-order valence-corrected chi connectivity index (χ4v) is 4.49. The number of piperidine rings is 1. The third-order valence-corrected chi connectivity index (χ3v) is 6.20. The Bertz CT molecular complexity index is 922. The maximum absolute atomic E-state index is 13.1. The first-order valence-electron chi connectivity index (χ1n) is 11.7. The number of amides is 2. The highest BCUT2D eigenvalue weighted by molar-refractivity contribution is 5.97. The maximum atomic E-state index is 13.1. The topological polar surface area (TPSA) is 59.1 Å². The van der Waals surface area contributed by atoms with Crippen LogP contribution in [0.2, 0.25) is 0 Å². The van der Waals surface area contributed by atoms with Gasteiger partial charge in [0, 0.05) is 37.7 Å². The summed E-state index contributed by atoms with van der Waals surface area (Å²) < 4.78 is 11.7. The SMILES string of the molecule is CCOc1ccccc1C(=O)N1CCC[C@H](COc2ccc(C(=O)N3CCCC3)cc2)C1. The second-order valence-corrected chi connectivity index (χ2v) is 8.52. The highest BCUT2D eigenvalue weighted by Gasteiger charge is 2.26. The molecule has 2 aliphatic rings. The van der Waals surface area contributed by atoms with Crippen LogP contribution in [0.5, 0.6) is 11.5 Å². The number of hydrogen-bond acceptors (Lipinski definition) is 4. The molecule has 2 fully saturated rings. The molecule has 2 aromatic carbocycles. The summed E-state index contributed by atoms with van der Waals surface area (Å²) in [6.07, 6.45) is 4.17. The Balaban J connectivity index is 1.31. The van der Waals surface area contributed by atoms with Gasteiger partial charge in [-0.3, -0.25) is 9.59 Å². The average Bonchev–Trinajstić information content (AvgIpc) is 3.38. The Labute approximate surface area is 190 Å². The zero-order valence-corrected chi connectivity index (χ0v) is 18.8. The van der Waals surface area contributed by atoms with Crippen molar-refractivity contribution in [3.63, 3.8) is 0 Å². The quantitative estimate of drug-likeness (QED) is 0.651. The lowest BCUT2D eigenvalue weighted by Crippen LogP contribution is -2.41. The molecule has 6 nitrogen and oxygen atoms in total. The Morgan fingerprint density at radius 3 is 2.34 bits per heavy atom. The monoisotopic (exact) mass is 436 g/mol. The van der Waals surface area contributed by atoms with Crippen LogP contribution in [0, 0.1) is 5.92 Å². The van der Waals surface area contributed by atoms with E-state index >= 15 is 0 Å². The Hall–Kier alpha value is -3.02. The van der Waals surface area contributed by atoms with Crippen LogP contribution in [0.4, 0.5) is 0 Å². The van der Waals surface area contributed by atoms with E-state index in [1.54, 1.807) is 0 Å². The van der Waals surface area contributed by atoms with Crippen LogP contribution in [0.1, 0.15) is 53.3 Å². The number of carbonyl (C=O) groups excluding carboxylic acids is 2. The molecule has 0 bridgehead atoms. The van der Waals surface area contributed by atoms with Crippen LogP contribution >= 0.6 is 0 Å². The van der Waals surface area contributed by atoms with E-state index in [-0.39, 0.29) is 17.7 Å². The molecule has 1 atom stereocenters. The molecule has 2 aromatic rings. The molecule has 32 heavy (non-hydrogen) atoms. The lowest BCUT2D eigenvalue weighted by Gasteiger charge is -2.33. The Kier molecular flexibility index (Phi) is 7.30. The molecule has 0 spiro atoms. The van der Waals surface area contributed by atoms with Crippen LogP contribution in [-0.4, -0.2) is 61.0 Å². The van der Waals surface area contributed by atoms with Crippen molar-refractivity contribution in [1.29, 1.82) is 0 Å². The van der Waals surface area contributed by atoms with E-state index in [1.165, 1.54) is 0 Å². The maximum Gasteiger partial charge on any atom is 0.257 e. The minimum absolute atomic E-state index is 0.0172. The number of rotatable bonds is 7. The number of ether oxygens (including phenoxy) is 2. The fourth-order valence-electron chi connectivity index (χ4n) is 4.49. The number of benzene rings is 2. The summed E-state index contributed by atoms with van der Waals surface area (Å²) in [6, 6.07) is 14.9. The first kappa shape index (κ1) is 22.2. The van der Waals surface area contributed by atoms with Crippen LogP contribution in [-0.2, 0) is 0 Å². The van der Waals surface area contributed by atoms with E-state index in [0.717, 1.165) is 51.1 Å². The molecule has 0 saturated carbocycles. The smallest absolute Gasteiger partial charge is 0.257 e. The molecule has 0 unspecified atom stereocenters. The summed E-state index contributed by atoms with van der Waals surface area (Å²) in [5.41, 5.74) is 1.33. The van der Waals surface area contributed by atoms with Gasteiger partial charge in [0.2, 0.25) is 0 Å². The molecule has 6 heteroatoms. The van der Waals surface area contributed by atoms with Gasteiger partial charge < -0.3 is 19.3 Å². The highest BCUT2D eigenvalue weighted by atomic mass is 16.5. The van der Waals surface area contributed by atoms with Gasteiger partial charge in [-0.1, -0.05) is 12.1 Å². The van der Waals surface area contributed by atoms with E-state index in [9.17, 15) is 9.59 Å². The summed E-state index contributed by atoms with van der Waals surface area (Å²) in [7, 11) is 0. The third-order valence-electron chi connectivity index (χ3n) is 6.20. The zero-order chi connectivity index (χ0) is 22.3. The molecule has 0 aromatic heterocycles. The van der Waals surface area contributed by atoms with Gasteiger partial charge in [0.25, 0.3) is 11.8 Å². The summed E-state index contributed by atoms with van der Waals surface area (Å²) in [6.45, 7) is 6.13. The first-order chi connectivity index (χ1) is 15.7. The Morgan fingerprint density at radius 1 is 0.875 bits per heavy atom. The van der Waals surface area contributed by atoms with E-state index in [0.29, 0.717) is 36.6 Å². The molecule has 2 saturated heterocycles. The van der Waals surface area contributed by atoms with Crippen molar-refractivity contribution >= 4 is 11.8 Å². The number of nitrogens with zero attached hydrogens (tertiary/aromatic N) is 2. The Morgan fingerprint density at radius 2 is 1.59 bits per heavy atom. The van der Waals surface area contributed by atoms with Gasteiger partial charge in [-0.2, -0.15) is 0 Å². The number of likely N-dealkylation sites (tertiary alicyclic amines) is 2. The fraction of sp³-hybridized carbons (Fsp3) is 0.462. The molecular weight excluding hydrogens is 404 g/mol. The lowest BCUT2D eigenvalue weighted by molar-refractivity contribution is 0.0629. The predicted molar refractivity (Wildman–Crippen MR) is 123 cm³/mol. The number of para-hydroxylation sites is 1. The van der Waals surface area contributed by atoms with E-state index < -0.39 is 0 Å². The first-order valence-corrected chi connectivity index (χ1v) is 11.7. The second kappa shape index (κ2) is 10.5. The average molecular weight is 437 g/mol. The summed E-state index contributed by atoms with van der Waals surface area (Å²) in [5, 5.41) is 0. The molecule has 170 valence electrons. The van der Waals surface area contributed by atoms with Crippen molar-refractivity contribution < 1.29 is 19.1 Å². The van der Waals surface area contributed by atoms with Crippen molar-refractivity contribution in [2.24, 2.45) is 5.92 Å². The van der Waals surface area contributed by atoms with Gasteiger partial charge in [0.05, 0.1) is 18.8 Å². The van der Waals surface area contributed by atoms with Crippen molar-refractivity contribution in [3.8, 4) is 11.5 Å². The molecule has 2 amide bonds. The van der Waals surface area contributed by atoms with Gasteiger partial charge in [-0.15, -0.1) is 0 Å². The van der Waals surface area contributed by atoms with Gasteiger partial charge in [0.1, 0.15) is 11.5 Å². The van der Waals surface area contributed by atoms with E-state index in [4.69, 9.17) is 9.47 Å². The van der Waals surface area contributed by atoms with Crippen LogP contribution < -0.4 is 9.47 Å². The molecule has 0 N–H and O–H groups in total. The van der Waals surface area contributed by atoms with Gasteiger partial charge >= 0.3 is 0 Å². The summed E-state index contributed by atoms with van der Waals surface area (Å²) in [5.74, 6) is 1.79. The molecular formula is C26H32N2O4. The third kappa shape index (κ3) is 5.23. The highest BCUT2D eigenvalue weighted by Crippen LogP contribution is 2.25. The molecule has 2 heterocycles. The van der Waals surface area contributed by atoms with E-state index in [1.807, 2.05) is 65.3 Å². The lowest BCUT2D eigenvalue weighted by atomic mass is 9.98. The summed E-state index contributed by atoms with van der Waals surface area (Å²) >= 11 is 0. The van der Waals surface area contributed by atoms with Crippen LogP contribution in [0.15, 0.2) is 48.5 Å². The van der Waals surface area contributed by atoms with Crippen molar-refractivity contribution in [2.45, 2.75) is 32.6 Å². The number of hydrogen-bond donors (Lipinski definition) is 0.